The number of carboxylic acids is 1. The third-order valence-electron chi connectivity index (χ3n) is 4.04. The number of unbranched alkanes of at least 4 members (excludes halogenated alkanes) is 6. The van der Waals surface area contributed by atoms with E-state index in [-0.39, 0.29) is 35.3 Å². The predicted octanol–water partition coefficient (Wildman–Crippen LogP) is 0.279. The zero-order chi connectivity index (χ0) is 15.6. The Balaban J connectivity index is 0. The molecular formula is C17H29NaO3. The van der Waals surface area contributed by atoms with Crippen molar-refractivity contribution < 1.29 is 44.3 Å². The van der Waals surface area contributed by atoms with E-state index in [0.717, 1.165) is 19.3 Å². The molecule has 0 saturated carbocycles. The van der Waals surface area contributed by atoms with Crippen molar-refractivity contribution in [1.29, 1.82) is 0 Å². The molecule has 4 heteroatoms. The number of carbonyl (C=O) groups excluding carboxylic acids is 2. The maximum atomic E-state index is 11.9. The van der Waals surface area contributed by atoms with Crippen LogP contribution in [0.5, 0.6) is 0 Å². The van der Waals surface area contributed by atoms with Gasteiger partial charge >= 0.3 is 29.6 Å². The molecule has 0 N–H and O–H groups in total. The van der Waals surface area contributed by atoms with E-state index < -0.39 is 17.3 Å². The smallest absolute Gasteiger partial charge is 0.550 e. The summed E-state index contributed by atoms with van der Waals surface area (Å²) in [4.78, 5) is 23.1. The Morgan fingerprint density at radius 2 is 1.57 bits per heavy atom. The van der Waals surface area contributed by atoms with Gasteiger partial charge in [0.15, 0.2) is 5.78 Å². The minimum atomic E-state index is -1.17. The first kappa shape index (κ1) is 23.2. The number of carboxylic acid groups (broad SMARTS) is 1. The van der Waals surface area contributed by atoms with E-state index in [1.165, 1.54) is 31.8 Å². The van der Waals surface area contributed by atoms with Crippen LogP contribution in [-0.2, 0) is 9.59 Å². The normalized spacial score (nSPS) is 12.3. The number of hydrogen-bond donors (Lipinski definition) is 0. The van der Waals surface area contributed by atoms with E-state index in [1.807, 2.05) is 0 Å². The zero-order valence-electron chi connectivity index (χ0n) is 14.2. The molecule has 116 valence electrons. The molecule has 0 spiro atoms. The molecule has 0 aliphatic heterocycles. The Bertz CT molecular complexity index is 324. The molecule has 0 radical (unpaired) electrons. The van der Waals surface area contributed by atoms with Crippen molar-refractivity contribution in [3.8, 4) is 0 Å². The van der Waals surface area contributed by atoms with Crippen LogP contribution in [-0.4, -0.2) is 11.8 Å². The maximum absolute atomic E-state index is 11.9. The van der Waals surface area contributed by atoms with E-state index in [1.54, 1.807) is 13.8 Å². The summed E-state index contributed by atoms with van der Waals surface area (Å²) in [6.45, 7) is 8.79. The van der Waals surface area contributed by atoms with Gasteiger partial charge in [0, 0.05) is 17.3 Å². The molecule has 0 fully saturated rings. The maximum Gasteiger partial charge on any atom is 1.00 e. The molecular weight excluding hydrogens is 275 g/mol. The molecule has 0 rings (SSSR count). The summed E-state index contributed by atoms with van der Waals surface area (Å²) in [5, 5.41) is 11.2. The molecule has 0 bridgehead atoms. The largest absolute Gasteiger partial charge is 1.00 e. The fraction of sp³-hybridized carbons (Fsp3) is 0.765. The molecule has 0 heterocycles. The van der Waals surface area contributed by atoms with Crippen molar-refractivity contribution in [2.75, 3.05) is 0 Å². The van der Waals surface area contributed by atoms with Crippen molar-refractivity contribution in [2.24, 2.45) is 11.3 Å². The van der Waals surface area contributed by atoms with Crippen LogP contribution in [0.15, 0.2) is 12.7 Å². The topological polar surface area (TPSA) is 57.2 Å². The molecule has 0 aliphatic carbocycles. The molecule has 1 atom stereocenters. The molecule has 0 aromatic rings. The Morgan fingerprint density at radius 1 is 1.10 bits per heavy atom. The van der Waals surface area contributed by atoms with Gasteiger partial charge in [0.1, 0.15) is 0 Å². The number of hydrogen-bond acceptors (Lipinski definition) is 3. The first-order chi connectivity index (χ1) is 9.37. The van der Waals surface area contributed by atoms with Crippen LogP contribution in [0.2, 0.25) is 0 Å². The summed E-state index contributed by atoms with van der Waals surface area (Å²) in [5.74, 6) is -1.88. The predicted molar refractivity (Wildman–Crippen MR) is 80.1 cm³/mol. The van der Waals surface area contributed by atoms with Crippen LogP contribution in [0, 0.1) is 11.3 Å². The third-order valence-corrected chi connectivity index (χ3v) is 4.04. The third kappa shape index (κ3) is 8.80. The van der Waals surface area contributed by atoms with Crippen LogP contribution in [0.1, 0.15) is 72.1 Å². The average molecular weight is 304 g/mol. The fourth-order valence-electron chi connectivity index (χ4n) is 2.45. The van der Waals surface area contributed by atoms with E-state index >= 15 is 0 Å². The second-order valence-electron chi connectivity index (χ2n) is 6.08. The molecule has 0 aromatic heterocycles. The van der Waals surface area contributed by atoms with E-state index in [4.69, 9.17) is 0 Å². The number of rotatable bonds is 12. The van der Waals surface area contributed by atoms with Crippen LogP contribution in [0.25, 0.3) is 0 Å². The van der Waals surface area contributed by atoms with Crippen molar-refractivity contribution >= 4 is 11.8 Å². The van der Waals surface area contributed by atoms with Crippen molar-refractivity contribution in [1.82, 2.24) is 0 Å². The first-order valence-electron chi connectivity index (χ1n) is 7.75. The fourth-order valence-corrected chi connectivity index (χ4v) is 2.45. The van der Waals surface area contributed by atoms with Gasteiger partial charge in [-0.25, -0.2) is 0 Å². The van der Waals surface area contributed by atoms with Gasteiger partial charge in [-0.15, -0.1) is 0 Å². The molecule has 0 saturated heterocycles. The SMILES string of the molecule is C=CC(=O)C(CCCCCCCCC)C(C)(C)C(=O)[O-].[Na+]. The van der Waals surface area contributed by atoms with Gasteiger partial charge in [-0.3, -0.25) is 4.79 Å². The van der Waals surface area contributed by atoms with Crippen LogP contribution >= 0.6 is 0 Å². The average Bonchev–Trinajstić information content (AvgIpc) is 2.40. The molecule has 1 unspecified atom stereocenters. The number of allylic oxidation sites excluding steroid dienone is 1. The molecule has 21 heavy (non-hydrogen) atoms. The summed E-state index contributed by atoms with van der Waals surface area (Å²) >= 11 is 0. The zero-order valence-corrected chi connectivity index (χ0v) is 16.2. The summed E-state index contributed by atoms with van der Waals surface area (Å²) in [7, 11) is 0. The number of ketones is 1. The second-order valence-corrected chi connectivity index (χ2v) is 6.08. The van der Waals surface area contributed by atoms with Crippen LogP contribution < -0.4 is 34.7 Å². The Labute approximate surface area is 151 Å². The van der Waals surface area contributed by atoms with Gasteiger partial charge < -0.3 is 9.90 Å². The van der Waals surface area contributed by atoms with Gasteiger partial charge in [0.25, 0.3) is 0 Å². The molecule has 3 nitrogen and oxygen atoms in total. The van der Waals surface area contributed by atoms with Crippen molar-refractivity contribution in [3.63, 3.8) is 0 Å². The van der Waals surface area contributed by atoms with Crippen LogP contribution in [0.4, 0.5) is 0 Å². The quantitative estimate of drug-likeness (QED) is 0.296. The second kappa shape index (κ2) is 12.4. The Morgan fingerprint density at radius 3 is 2.00 bits per heavy atom. The van der Waals surface area contributed by atoms with E-state index in [2.05, 4.69) is 13.5 Å². The summed E-state index contributed by atoms with van der Waals surface area (Å²) in [5.41, 5.74) is -1.13. The van der Waals surface area contributed by atoms with Gasteiger partial charge in [0.2, 0.25) is 0 Å². The van der Waals surface area contributed by atoms with Gasteiger partial charge in [-0.1, -0.05) is 72.3 Å². The van der Waals surface area contributed by atoms with Gasteiger partial charge in [-0.2, -0.15) is 0 Å². The summed E-state index contributed by atoms with van der Waals surface area (Å²) < 4.78 is 0. The Hall–Kier alpha value is -0.120. The van der Waals surface area contributed by atoms with Crippen molar-refractivity contribution in [3.05, 3.63) is 12.7 Å². The standard InChI is InChI=1S/C17H30O3.Na/c1-5-7-8-9-10-11-12-13-14(15(18)6-2)17(3,4)16(19)20;/h6,14H,2,5,7-13H2,1,3-4H3,(H,19,20);/q;+1/p-1. The monoisotopic (exact) mass is 304 g/mol. The Kier molecular flexibility index (Phi) is 13.7. The number of carbonyl (C=O) groups is 2. The van der Waals surface area contributed by atoms with Crippen LogP contribution in [0.3, 0.4) is 0 Å². The molecule has 0 aromatic carbocycles. The molecule has 0 aliphatic rings. The van der Waals surface area contributed by atoms with Crippen molar-refractivity contribution in [2.45, 2.75) is 72.1 Å². The van der Waals surface area contributed by atoms with E-state index in [0.29, 0.717) is 6.42 Å². The number of aliphatic carboxylic acids is 1. The first-order valence-corrected chi connectivity index (χ1v) is 7.75. The van der Waals surface area contributed by atoms with E-state index in [9.17, 15) is 14.7 Å². The van der Waals surface area contributed by atoms with Gasteiger partial charge in [0.05, 0.1) is 0 Å². The minimum Gasteiger partial charge on any atom is -0.550 e. The summed E-state index contributed by atoms with van der Waals surface area (Å²) in [6.07, 6.45) is 9.90. The molecule has 0 amide bonds. The van der Waals surface area contributed by atoms with Gasteiger partial charge in [-0.05, 0) is 12.5 Å². The summed E-state index contributed by atoms with van der Waals surface area (Å²) in [6, 6.07) is 0. The minimum absolute atomic E-state index is 0.